The van der Waals surface area contributed by atoms with Crippen LogP contribution in [0.4, 0.5) is 0 Å². The fourth-order valence-corrected chi connectivity index (χ4v) is 3.90. The lowest BCUT2D eigenvalue weighted by Crippen LogP contribution is -2.33. The Morgan fingerprint density at radius 3 is 1.65 bits per heavy atom. The van der Waals surface area contributed by atoms with Crippen LogP contribution in [0.1, 0.15) is 110 Å². The van der Waals surface area contributed by atoms with Gasteiger partial charge in [-0.25, -0.2) is 4.79 Å². The number of aliphatic hydroxyl groups is 1. The molecule has 1 rings (SSSR count). The highest BCUT2D eigenvalue weighted by atomic mass is 16.6. The van der Waals surface area contributed by atoms with E-state index in [1.807, 2.05) is 6.92 Å². The Balaban J connectivity index is 1.96. The Bertz CT molecular complexity index is 394. The number of unbranched alkanes of at least 4 members (excludes halogenated alkanes) is 12. The highest BCUT2D eigenvalue weighted by Gasteiger charge is 2.45. The molecule has 1 aliphatic heterocycles. The number of aliphatic hydroxyl groups excluding tert-OH is 1. The van der Waals surface area contributed by atoms with Gasteiger partial charge in [0.2, 0.25) is 0 Å². The molecule has 4 heteroatoms. The Kier molecular flexibility index (Phi) is 12.6. The van der Waals surface area contributed by atoms with Crippen molar-refractivity contribution in [2.24, 2.45) is 5.92 Å². The Morgan fingerprint density at radius 1 is 0.808 bits per heavy atom. The minimum absolute atomic E-state index is 0.0908. The molecule has 1 N–H and O–H groups in total. The second-order valence-corrected chi connectivity index (χ2v) is 7.88. The summed E-state index contributed by atoms with van der Waals surface area (Å²) in [5.41, 5.74) is 0. The summed E-state index contributed by atoms with van der Waals surface area (Å²) in [6, 6.07) is 0. The first-order valence-electron chi connectivity index (χ1n) is 11.0. The van der Waals surface area contributed by atoms with Crippen molar-refractivity contribution in [2.45, 2.75) is 122 Å². The van der Waals surface area contributed by atoms with E-state index in [1.54, 1.807) is 0 Å². The lowest BCUT2D eigenvalue weighted by atomic mass is 9.89. The van der Waals surface area contributed by atoms with Gasteiger partial charge in [-0.05, 0) is 18.8 Å². The SMILES string of the molecule is CCCCCCCCCCCCCCCC(CC)[C@H]1OC(=O)C(=O)C1O. The molecule has 3 atom stereocenters. The zero-order valence-electron chi connectivity index (χ0n) is 17.0. The molecule has 0 aromatic rings. The summed E-state index contributed by atoms with van der Waals surface area (Å²) in [6.45, 7) is 4.28. The standard InChI is InChI=1S/C22H40O4/c1-3-5-6-7-8-9-10-11-12-13-14-15-16-17-18(4-2)21-19(23)20(24)22(25)26-21/h18-19,21,23H,3-17H2,1-2H3/t18?,19?,21-/m1/s1. The van der Waals surface area contributed by atoms with E-state index in [0.29, 0.717) is 0 Å². The van der Waals surface area contributed by atoms with Gasteiger partial charge in [0.05, 0.1) is 0 Å². The van der Waals surface area contributed by atoms with Crippen molar-refractivity contribution in [3.63, 3.8) is 0 Å². The number of carbonyl (C=O) groups is 2. The molecular formula is C22H40O4. The number of ether oxygens (including phenoxy) is 1. The Morgan fingerprint density at radius 2 is 1.27 bits per heavy atom. The van der Waals surface area contributed by atoms with Crippen LogP contribution in [0.25, 0.3) is 0 Å². The molecule has 152 valence electrons. The average molecular weight is 369 g/mol. The molecule has 26 heavy (non-hydrogen) atoms. The van der Waals surface area contributed by atoms with Gasteiger partial charge in [-0.2, -0.15) is 0 Å². The van der Waals surface area contributed by atoms with Gasteiger partial charge in [-0.15, -0.1) is 0 Å². The van der Waals surface area contributed by atoms with E-state index >= 15 is 0 Å². The van der Waals surface area contributed by atoms with E-state index in [9.17, 15) is 14.7 Å². The number of ketones is 1. The van der Waals surface area contributed by atoms with E-state index in [0.717, 1.165) is 19.3 Å². The van der Waals surface area contributed by atoms with Crippen LogP contribution < -0.4 is 0 Å². The van der Waals surface area contributed by atoms with Crippen LogP contribution in [0, 0.1) is 5.92 Å². The number of rotatable bonds is 16. The normalized spacial score (nSPS) is 21.2. The number of cyclic esters (lactones) is 1. The maximum atomic E-state index is 11.4. The third-order valence-corrected chi connectivity index (χ3v) is 5.69. The molecule has 0 bridgehead atoms. The maximum absolute atomic E-state index is 11.4. The van der Waals surface area contributed by atoms with Gasteiger partial charge in [-0.3, -0.25) is 4.79 Å². The van der Waals surface area contributed by atoms with Crippen LogP contribution in [0.3, 0.4) is 0 Å². The predicted molar refractivity (Wildman–Crippen MR) is 105 cm³/mol. The minimum Gasteiger partial charge on any atom is -0.453 e. The number of esters is 1. The lowest BCUT2D eigenvalue weighted by molar-refractivity contribution is -0.150. The highest BCUT2D eigenvalue weighted by Crippen LogP contribution is 2.27. The summed E-state index contributed by atoms with van der Waals surface area (Å²) < 4.78 is 5.06. The van der Waals surface area contributed by atoms with E-state index < -0.39 is 24.0 Å². The number of carbonyl (C=O) groups excluding carboxylic acids is 2. The zero-order chi connectivity index (χ0) is 19.2. The highest BCUT2D eigenvalue weighted by molar-refractivity contribution is 6.37. The third kappa shape index (κ3) is 8.66. The summed E-state index contributed by atoms with van der Waals surface area (Å²) in [6.07, 6.45) is 17.0. The smallest absolute Gasteiger partial charge is 0.377 e. The largest absolute Gasteiger partial charge is 0.453 e. The van der Waals surface area contributed by atoms with E-state index in [-0.39, 0.29) is 5.92 Å². The van der Waals surface area contributed by atoms with Crippen LogP contribution in [-0.2, 0) is 14.3 Å². The Hall–Kier alpha value is -0.900. The van der Waals surface area contributed by atoms with Gasteiger partial charge in [0.25, 0.3) is 5.78 Å². The summed E-state index contributed by atoms with van der Waals surface area (Å²) in [7, 11) is 0. The van der Waals surface area contributed by atoms with Gasteiger partial charge in [-0.1, -0.05) is 97.3 Å². The molecule has 0 aromatic carbocycles. The monoisotopic (exact) mass is 368 g/mol. The van der Waals surface area contributed by atoms with E-state index in [1.165, 1.54) is 77.0 Å². The van der Waals surface area contributed by atoms with Crippen LogP contribution in [-0.4, -0.2) is 29.1 Å². The van der Waals surface area contributed by atoms with Crippen LogP contribution in [0.2, 0.25) is 0 Å². The van der Waals surface area contributed by atoms with Gasteiger partial charge >= 0.3 is 5.97 Å². The molecule has 0 saturated carbocycles. The molecule has 1 aliphatic rings. The van der Waals surface area contributed by atoms with Crippen molar-refractivity contribution >= 4 is 11.8 Å². The van der Waals surface area contributed by atoms with Crippen molar-refractivity contribution in [1.82, 2.24) is 0 Å². The summed E-state index contributed by atoms with van der Waals surface area (Å²) in [5, 5.41) is 9.84. The van der Waals surface area contributed by atoms with Gasteiger partial charge in [0, 0.05) is 0 Å². The molecule has 0 aliphatic carbocycles. The molecule has 0 aromatic heterocycles. The lowest BCUT2D eigenvalue weighted by Gasteiger charge is -2.22. The van der Waals surface area contributed by atoms with Crippen LogP contribution in [0.15, 0.2) is 0 Å². The first-order chi connectivity index (χ1) is 12.6. The number of hydrogen-bond donors (Lipinski definition) is 1. The molecule has 1 fully saturated rings. The molecule has 0 radical (unpaired) electrons. The zero-order valence-corrected chi connectivity index (χ0v) is 17.0. The maximum Gasteiger partial charge on any atom is 0.377 e. The predicted octanol–water partition coefficient (Wildman–Crippen LogP) is 5.35. The van der Waals surface area contributed by atoms with E-state index in [4.69, 9.17) is 4.74 Å². The summed E-state index contributed by atoms with van der Waals surface area (Å²) >= 11 is 0. The van der Waals surface area contributed by atoms with Crippen molar-refractivity contribution in [3.05, 3.63) is 0 Å². The van der Waals surface area contributed by atoms with Crippen molar-refractivity contribution in [3.8, 4) is 0 Å². The van der Waals surface area contributed by atoms with Crippen LogP contribution >= 0.6 is 0 Å². The Labute approximate surface area is 160 Å². The van der Waals surface area contributed by atoms with Crippen molar-refractivity contribution in [1.29, 1.82) is 0 Å². The molecule has 2 unspecified atom stereocenters. The molecule has 4 nitrogen and oxygen atoms in total. The summed E-state index contributed by atoms with van der Waals surface area (Å²) in [5.74, 6) is -1.56. The topological polar surface area (TPSA) is 63.6 Å². The second kappa shape index (κ2) is 14.2. The molecule has 0 spiro atoms. The molecule has 0 amide bonds. The van der Waals surface area contributed by atoms with Gasteiger partial charge < -0.3 is 9.84 Å². The molecular weight excluding hydrogens is 328 g/mol. The first-order valence-corrected chi connectivity index (χ1v) is 11.0. The molecule has 1 saturated heterocycles. The first kappa shape index (κ1) is 23.1. The van der Waals surface area contributed by atoms with Crippen molar-refractivity contribution < 1.29 is 19.4 Å². The van der Waals surface area contributed by atoms with Crippen molar-refractivity contribution in [2.75, 3.05) is 0 Å². The quantitative estimate of drug-likeness (QED) is 0.227. The van der Waals surface area contributed by atoms with Gasteiger partial charge in [0.15, 0.2) is 6.10 Å². The number of Topliss-reactive ketones (excluding diaryl/α,β-unsaturated/α-hetero) is 1. The second-order valence-electron chi connectivity index (χ2n) is 7.88. The number of hydrogen-bond acceptors (Lipinski definition) is 4. The van der Waals surface area contributed by atoms with E-state index in [2.05, 4.69) is 6.92 Å². The van der Waals surface area contributed by atoms with Crippen LogP contribution in [0.5, 0.6) is 0 Å². The minimum atomic E-state index is -1.26. The fourth-order valence-electron chi connectivity index (χ4n) is 3.90. The summed E-state index contributed by atoms with van der Waals surface area (Å²) in [4.78, 5) is 22.7. The molecule has 1 heterocycles. The average Bonchev–Trinajstić information content (AvgIpc) is 2.89. The van der Waals surface area contributed by atoms with Gasteiger partial charge in [0.1, 0.15) is 6.10 Å². The third-order valence-electron chi connectivity index (χ3n) is 5.69. The fraction of sp³-hybridized carbons (Fsp3) is 0.909.